The molecule has 8 atom stereocenters. The van der Waals surface area contributed by atoms with Crippen molar-refractivity contribution in [1.29, 1.82) is 0 Å². The van der Waals surface area contributed by atoms with E-state index in [0.717, 1.165) is 6.42 Å². The molecule has 0 saturated carbocycles. The van der Waals surface area contributed by atoms with Gasteiger partial charge < -0.3 is 24.8 Å². The standard InChI is InChI=1S/C27H44O6/c1-4-5-6-7-8-9-11-19(2)16-23(30)25-18-26-24(32-26)15-14-22(29)21(28)13-10-12-20(3)17-27(31)33-25/h9-11,13-15,19-26,28-30H,4-8,12,16-18H2,1-3H3/b11-9+,13-10+,15-14+/t19-,20-,21?,22-,23-,24-,25-,26+/m0/s1. The van der Waals surface area contributed by atoms with Crippen LogP contribution in [0.4, 0.5) is 0 Å². The molecule has 6 heteroatoms. The number of hydrogen-bond donors (Lipinski definition) is 3. The number of unbranched alkanes of at least 4 members (excludes halogenated alkanes) is 4. The number of carbonyl (C=O) groups excluding carboxylic acids is 1. The fourth-order valence-electron chi connectivity index (χ4n) is 4.14. The molecule has 0 aromatic rings. The Kier molecular flexibility index (Phi) is 12.4. The van der Waals surface area contributed by atoms with Gasteiger partial charge in [-0.2, -0.15) is 0 Å². The third kappa shape index (κ3) is 11.0. The van der Waals surface area contributed by atoms with Crippen LogP contribution in [0.3, 0.4) is 0 Å². The summed E-state index contributed by atoms with van der Waals surface area (Å²) in [4.78, 5) is 12.6. The second-order valence-electron chi connectivity index (χ2n) is 9.80. The molecule has 2 heterocycles. The van der Waals surface area contributed by atoms with Crippen molar-refractivity contribution >= 4 is 5.97 Å². The van der Waals surface area contributed by atoms with Gasteiger partial charge in [-0.1, -0.05) is 76.5 Å². The van der Waals surface area contributed by atoms with Gasteiger partial charge in [-0.25, -0.2) is 0 Å². The third-order valence-electron chi connectivity index (χ3n) is 6.34. The minimum Gasteiger partial charge on any atom is -0.459 e. The van der Waals surface area contributed by atoms with Gasteiger partial charge in [0.1, 0.15) is 24.4 Å². The molecule has 0 amide bonds. The van der Waals surface area contributed by atoms with Crippen molar-refractivity contribution in [3.63, 3.8) is 0 Å². The highest BCUT2D eigenvalue weighted by atomic mass is 16.6. The number of ether oxygens (including phenoxy) is 2. The summed E-state index contributed by atoms with van der Waals surface area (Å²) in [7, 11) is 0. The first kappa shape index (κ1) is 27.8. The Balaban J connectivity index is 1.96. The highest BCUT2D eigenvalue weighted by Crippen LogP contribution is 2.31. The van der Waals surface area contributed by atoms with Crippen LogP contribution in [0.2, 0.25) is 0 Å². The van der Waals surface area contributed by atoms with E-state index >= 15 is 0 Å². The molecule has 2 rings (SSSR count). The summed E-state index contributed by atoms with van der Waals surface area (Å²) >= 11 is 0. The Morgan fingerprint density at radius 1 is 1.15 bits per heavy atom. The lowest BCUT2D eigenvalue weighted by molar-refractivity contribution is -0.157. The average molecular weight is 465 g/mol. The molecule has 1 unspecified atom stereocenters. The quantitative estimate of drug-likeness (QED) is 0.204. The molecule has 0 aromatic heterocycles. The summed E-state index contributed by atoms with van der Waals surface area (Å²) in [6.07, 6.45) is 14.8. The first-order valence-corrected chi connectivity index (χ1v) is 12.7. The van der Waals surface area contributed by atoms with Crippen LogP contribution >= 0.6 is 0 Å². The van der Waals surface area contributed by atoms with Crippen molar-refractivity contribution in [2.24, 2.45) is 11.8 Å². The van der Waals surface area contributed by atoms with E-state index in [4.69, 9.17) is 9.47 Å². The molecule has 0 aliphatic carbocycles. The number of cyclic esters (lactones) is 1. The lowest BCUT2D eigenvalue weighted by atomic mass is 9.96. The number of allylic oxidation sites excluding steroid dienone is 3. The Morgan fingerprint density at radius 2 is 1.91 bits per heavy atom. The number of carbonyl (C=O) groups is 1. The van der Waals surface area contributed by atoms with Crippen LogP contribution in [0, 0.1) is 11.8 Å². The maximum Gasteiger partial charge on any atom is 0.306 e. The zero-order valence-electron chi connectivity index (χ0n) is 20.5. The van der Waals surface area contributed by atoms with Crippen molar-refractivity contribution < 1.29 is 29.6 Å². The first-order valence-electron chi connectivity index (χ1n) is 12.7. The van der Waals surface area contributed by atoms with Crippen LogP contribution in [-0.2, 0) is 14.3 Å². The lowest BCUT2D eigenvalue weighted by Crippen LogP contribution is -2.34. The molecule has 0 bridgehead atoms. The molecule has 1 saturated heterocycles. The summed E-state index contributed by atoms with van der Waals surface area (Å²) < 4.78 is 11.4. The van der Waals surface area contributed by atoms with E-state index < -0.39 is 24.4 Å². The third-order valence-corrected chi connectivity index (χ3v) is 6.34. The Labute approximate surface area is 199 Å². The van der Waals surface area contributed by atoms with Crippen LogP contribution in [0.15, 0.2) is 36.5 Å². The number of fused-ring (bicyclic) bond motifs is 1. The maximum absolute atomic E-state index is 12.6. The smallest absolute Gasteiger partial charge is 0.306 e. The molecular weight excluding hydrogens is 420 g/mol. The molecular formula is C27H44O6. The summed E-state index contributed by atoms with van der Waals surface area (Å²) in [5.41, 5.74) is 0. The van der Waals surface area contributed by atoms with E-state index in [1.54, 1.807) is 18.2 Å². The molecule has 6 nitrogen and oxygen atoms in total. The van der Waals surface area contributed by atoms with Gasteiger partial charge in [0, 0.05) is 12.8 Å². The second-order valence-corrected chi connectivity index (χ2v) is 9.80. The molecule has 188 valence electrons. The molecule has 33 heavy (non-hydrogen) atoms. The Bertz CT molecular complexity index is 657. The van der Waals surface area contributed by atoms with Crippen LogP contribution < -0.4 is 0 Å². The van der Waals surface area contributed by atoms with Gasteiger partial charge in [0.25, 0.3) is 0 Å². The monoisotopic (exact) mass is 464 g/mol. The van der Waals surface area contributed by atoms with E-state index in [2.05, 4.69) is 26.0 Å². The van der Waals surface area contributed by atoms with Gasteiger partial charge in [0.15, 0.2) is 0 Å². The zero-order valence-corrected chi connectivity index (χ0v) is 20.5. The van der Waals surface area contributed by atoms with Gasteiger partial charge in [-0.3, -0.25) is 4.79 Å². The lowest BCUT2D eigenvalue weighted by Gasteiger charge is -2.25. The molecule has 0 spiro atoms. The first-order chi connectivity index (χ1) is 15.8. The Hall–Kier alpha value is -1.47. The molecule has 2 aliphatic heterocycles. The molecule has 3 N–H and O–H groups in total. The van der Waals surface area contributed by atoms with E-state index in [1.807, 2.05) is 6.92 Å². The number of aliphatic hydroxyl groups excluding tert-OH is 3. The predicted molar refractivity (Wildman–Crippen MR) is 130 cm³/mol. The summed E-state index contributed by atoms with van der Waals surface area (Å²) in [6, 6.07) is 0. The van der Waals surface area contributed by atoms with Gasteiger partial charge in [-0.05, 0) is 37.5 Å². The van der Waals surface area contributed by atoms with Crippen LogP contribution in [0.25, 0.3) is 0 Å². The fourth-order valence-corrected chi connectivity index (χ4v) is 4.14. The van der Waals surface area contributed by atoms with E-state index in [1.165, 1.54) is 31.8 Å². The summed E-state index contributed by atoms with van der Waals surface area (Å²) in [5.74, 6) is -0.128. The summed E-state index contributed by atoms with van der Waals surface area (Å²) in [5, 5.41) is 31.0. The van der Waals surface area contributed by atoms with Gasteiger partial charge in [0.05, 0.1) is 12.2 Å². The molecule has 1 fully saturated rings. The van der Waals surface area contributed by atoms with Crippen LogP contribution in [0.1, 0.15) is 78.6 Å². The van der Waals surface area contributed by atoms with Gasteiger partial charge >= 0.3 is 5.97 Å². The normalized spacial score (nSPS) is 35.0. The Morgan fingerprint density at radius 3 is 2.67 bits per heavy atom. The average Bonchev–Trinajstić information content (AvgIpc) is 3.50. The minimum absolute atomic E-state index is 0.0241. The molecule has 2 aliphatic rings. The van der Waals surface area contributed by atoms with Crippen molar-refractivity contribution in [1.82, 2.24) is 0 Å². The second kappa shape index (κ2) is 14.7. The maximum atomic E-state index is 12.6. The van der Waals surface area contributed by atoms with Crippen LogP contribution in [-0.4, -0.2) is 57.9 Å². The number of epoxide rings is 1. The highest BCUT2D eigenvalue weighted by molar-refractivity contribution is 5.69. The van der Waals surface area contributed by atoms with E-state index in [-0.39, 0.29) is 36.4 Å². The van der Waals surface area contributed by atoms with E-state index in [0.29, 0.717) is 19.3 Å². The number of esters is 1. The van der Waals surface area contributed by atoms with Gasteiger partial charge in [0.2, 0.25) is 0 Å². The number of aliphatic hydroxyl groups is 3. The highest BCUT2D eigenvalue weighted by Gasteiger charge is 2.41. The SMILES string of the molecule is CCCCCC/C=C/[C@H](C)C[C@H](O)[C@@H]1C[C@H]2O[C@H]2/C=C/[C@H](O)C(O)/C=C/C[C@H](C)CC(=O)O1. The minimum atomic E-state index is -1.01. The van der Waals surface area contributed by atoms with Crippen molar-refractivity contribution in [3.05, 3.63) is 36.5 Å². The molecule has 0 aromatic carbocycles. The fraction of sp³-hybridized carbons (Fsp3) is 0.741. The number of hydrogen-bond acceptors (Lipinski definition) is 6. The largest absolute Gasteiger partial charge is 0.459 e. The van der Waals surface area contributed by atoms with Crippen molar-refractivity contribution in [3.8, 4) is 0 Å². The summed E-state index contributed by atoms with van der Waals surface area (Å²) in [6.45, 7) is 6.21. The topological polar surface area (TPSA) is 99.5 Å². The zero-order chi connectivity index (χ0) is 24.2. The molecule has 0 radical (unpaired) electrons. The van der Waals surface area contributed by atoms with Gasteiger partial charge in [-0.15, -0.1) is 0 Å². The van der Waals surface area contributed by atoms with E-state index in [9.17, 15) is 20.1 Å². The number of rotatable bonds is 9. The van der Waals surface area contributed by atoms with Crippen molar-refractivity contribution in [2.45, 2.75) is 115 Å². The van der Waals surface area contributed by atoms with Crippen molar-refractivity contribution in [2.75, 3.05) is 0 Å². The predicted octanol–water partition coefficient (Wildman–Crippen LogP) is 4.23. The van der Waals surface area contributed by atoms with Crippen LogP contribution in [0.5, 0.6) is 0 Å².